The van der Waals surface area contributed by atoms with Crippen LogP contribution in [0.3, 0.4) is 0 Å². The van der Waals surface area contributed by atoms with Crippen LogP contribution in [0.15, 0.2) is 53.9 Å². The molecule has 27 heavy (non-hydrogen) atoms. The van der Waals surface area contributed by atoms with Gasteiger partial charge >= 0.3 is 0 Å². The number of anilines is 2. The number of carbonyl (C=O) groups is 1. The van der Waals surface area contributed by atoms with Crippen molar-refractivity contribution in [2.75, 3.05) is 10.6 Å². The van der Waals surface area contributed by atoms with Crippen molar-refractivity contribution in [2.45, 2.75) is 19.9 Å². The Kier molecular flexibility index (Phi) is 5.77. The lowest BCUT2D eigenvalue weighted by Crippen LogP contribution is -2.14. The topological polar surface area (TPSA) is 97.2 Å². The number of rotatable bonds is 7. The van der Waals surface area contributed by atoms with Gasteiger partial charge in [-0.3, -0.25) is 14.9 Å². The maximum atomic E-state index is 12.1. The van der Waals surface area contributed by atoms with Crippen molar-refractivity contribution >= 4 is 34.3 Å². The van der Waals surface area contributed by atoms with E-state index in [1.165, 1.54) is 23.5 Å². The van der Waals surface area contributed by atoms with Gasteiger partial charge in [0.1, 0.15) is 5.01 Å². The number of nitrogens with one attached hydrogen (secondary N) is 2. The Hall–Kier alpha value is -3.26. The summed E-state index contributed by atoms with van der Waals surface area (Å²) in [6, 6.07) is 13.9. The Morgan fingerprint density at radius 2 is 1.96 bits per heavy atom. The van der Waals surface area contributed by atoms with Crippen molar-refractivity contribution in [2.24, 2.45) is 0 Å². The highest BCUT2D eigenvalue weighted by Crippen LogP contribution is 2.19. The summed E-state index contributed by atoms with van der Waals surface area (Å²) < 4.78 is 0. The Morgan fingerprint density at radius 1 is 1.19 bits per heavy atom. The molecule has 0 aliphatic carbocycles. The first-order valence-electron chi connectivity index (χ1n) is 8.28. The number of thiazole rings is 1. The van der Waals surface area contributed by atoms with E-state index in [1.54, 1.807) is 12.1 Å². The molecule has 0 radical (unpaired) electrons. The zero-order valence-corrected chi connectivity index (χ0v) is 15.5. The lowest BCUT2D eigenvalue weighted by atomic mass is 10.2. The normalized spacial score (nSPS) is 10.4. The molecule has 7 nitrogen and oxygen atoms in total. The molecule has 2 N–H and O–H groups in total. The molecule has 0 spiro atoms. The number of aromatic nitrogens is 1. The van der Waals surface area contributed by atoms with Crippen molar-refractivity contribution < 1.29 is 9.72 Å². The van der Waals surface area contributed by atoms with Gasteiger partial charge in [0, 0.05) is 28.9 Å². The van der Waals surface area contributed by atoms with E-state index in [2.05, 4.69) is 15.6 Å². The Bertz CT molecular complexity index is 954. The van der Waals surface area contributed by atoms with Crippen LogP contribution in [0, 0.1) is 17.0 Å². The van der Waals surface area contributed by atoms with Gasteiger partial charge in [0.25, 0.3) is 5.69 Å². The standard InChI is InChI=1S/C19H18N4O3S/c1-13-5-7-14(8-6-13)21-18(24)10-19-22-16(12-27-19)11-20-15-3-2-4-17(9-15)23(25)26/h2-9,12,20H,10-11H2,1H3,(H,21,24). The molecule has 0 saturated heterocycles. The lowest BCUT2D eigenvalue weighted by molar-refractivity contribution is -0.384. The molecule has 1 amide bonds. The number of benzene rings is 2. The van der Waals surface area contributed by atoms with Crippen LogP contribution >= 0.6 is 11.3 Å². The summed E-state index contributed by atoms with van der Waals surface area (Å²) >= 11 is 1.41. The minimum Gasteiger partial charge on any atom is -0.379 e. The number of nitrogens with zero attached hydrogens (tertiary/aromatic N) is 2. The molecule has 0 unspecified atom stereocenters. The third kappa shape index (κ3) is 5.35. The molecule has 0 fully saturated rings. The van der Waals surface area contributed by atoms with Gasteiger partial charge in [-0.05, 0) is 25.1 Å². The number of amides is 1. The van der Waals surface area contributed by atoms with E-state index in [4.69, 9.17) is 0 Å². The van der Waals surface area contributed by atoms with Crippen molar-refractivity contribution in [3.8, 4) is 0 Å². The predicted molar refractivity (Wildman–Crippen MR) is 106 cm³/mol. The zero-order chi connectivity index (χ0) is 19.2. The van der Waals surface area contributed by atoms with Crippen molar-refractivity contribution in [1.82, 2.24) is 4.98 Å². The van der Waals surface area contributed by atoms with Gasteiger partial charge in [-0.1, -0.05) is 23.8 Å². The first-order valence-corrected chi connectivity index (χ1v) is 9.16. The second kappa shape index (κ2) is 8.41. The van der Waals surface area contributed by atoms with Crippen molar-refractivity contribution in [3.63, 3.8) is 0 Å². The maximum absolute atomic E-state index is 12.1. The number of aryl methyl sites for hydroxylation is 1. The minimum atomic E-state index is -0.432. The largest absolute Gasteiger partial charge is 0.379 e. The van der Waals surface area contributed by atoms with Gasteiger partial charge in [0.2, 0.25) is 5.91 Å². The highest BCUT2D eigenvalue weighted by Gasteiger charge is 2.09. The smallest absolute Gasteiger partial charge is 0.271 e. The summed E-state index contributed by atoms with van der Waals surface area (Å²) in [4.78, 5) is 27.0. The summed E-state index contributed by atoms with van der Waals surface area (Å²) in [6.07, 6.45) is 0.204. The number of hydrogen-bond acceptors (Lipinski definition) is 6. The predicted octanol–water partition coefficient (Wildman–Crippen LogP) is 4.15. The van der Waals surface area contributed by atoms with E-state index in [9.17, 15) is 14.9 Å². The average Bonchev–Trinajstić information content (AvgIpc) is 3.09. The summed E-state index contributed by atoms with van der Waals surface area (Å²) in [5, 5.41) is 19.4. The second-order valence-electron chi connectivity index (χ2n) is 5.98. The van der Waals surface area contributed by atoms with Crippen LogP contribution in [0.2, 0.25) is 0 Å². The van der Waals surface area contributed by atoms with Crippen LogP contribution < -0.4 is 10.6 Å². The quantitative estimate of drug-likeness (QED) is 0.472. The van der Waals surface area contributed by atoms with Gasteiger partial charge in [0.05, 0.1) is 23.6 Å². The van der Waals surface area contributed by atoms with E-state index in [0.717, 1.165) is 22.0 Å². The van der Waals surface area contributed by atoms with Crippen LogP contribution in [0.4, 0.5) is 17.1 Å². The van der Waals surface area contributed by atoms with Crippen LogP contribution in [0.1, 0.15) is 16.3 Å². The molecule has 1 aromatic heterocycles. The van der Waals surface area contributed by atoms with Crippen LogP contribution in [0.25, 0.3) is 0 Å². The maximum Gasteiger partial charge on any atom is 0.271 e. The zero-order valence-electron chi connectivity index (χ0n) is 14.6. The summed E-state index contributed by atoms with van der Waals surface area (Å²) in [7, 11) is 0. The van der Waals surface area contributed by atoms with E-state index < -0.39 is 4.92 Å². The Morgan fingerprint density at radius 3 is 2.70 bits per heavy atom. The fourth-order valence-electron chi connectivity index (χ4n) is 2.41. The molecule has 8 heteroatoms. The molecule has 1 heterocycles. The highest BCUT2D eigenvalue weighted by molar-refractivity contribution is 7.09. The third-order valence-corrected chi connectivity index (χ3v) is 4.67. The van der Waals surface area contributed by atoms with Gasteiger partial charge in [-0.2, -0.15) is 0 Å². The Balaban J connectivity index is 1.53. The van der Waals surface area contributed by atoms with Gasteiger partial charge < -0.3 is 10.6 Å². The molecule has 0 aliphatic rings. The number of hydrogen-bond donors (Lipinski definition) is 2. The van der Waals surface area contributed by atoms with Crippen molar-refractivity contribution in [3.05, 3.63) is 80.3 Å². The fourth-order valence-corrected chi connectivity index (χ4v) is 3.21. The molecule has 138 valence electrons. The van der Waals surface area contributed by atoms with Crippen molar-refractivity contribution in [1.29, 1.82) is 0 Å². The Labute approximate surface area is 160 Å². The molecule has 0 bridgehead atoms. The van der Waals surface area contributed by atoms with E-state index in [-0.39, 0.29) is 18.0 Å². The molecule has 0 saturated carbocycles. The first-order chi connectivity index (χ1) is 13.0. The first kappa shape index (κ1) is 18.5. The molecule has 3 rings (SSSR count). The lowest BCUT2D eigenvalue weighted by Gasteiger charge is -2.04. The van der Waals surface area contributed by atoms with Crippen LogP contribution in [-0.4, -0.2) is 15.8 Å². The summed E-state index contributed by atoms with van der Waals surface area (Å²) in [6.45, 7) is 2.42. The van der Waals surface area contributed by atoms with E-state index >= 15 is 0 Å². The molecular weight excluding hydrogens is 364 g/mol. The van der Waals surface area contributed by atoms with Crippen LogP contribution in [-0.2, 0) is 17.8 Å². The number of nitro groups is 1. The van der Waals surface area contributed by atoms with Gasteiger partial charge in [0.15, 0.2) is 0 Å². The van der Waals surface area contributed by atoms with Crippen LogP contribution in [0.5, 0.6) is 0 Å². The van der Waals surface area contributed by atoms with Gasteiger partial charge in [-0.25, -0.2) is 4.98 Å². The summed E-state index contributed by atoms with van der Waals surface area (Å²) in [5.41, 5.74) is 3.36. The number of non-ortho nitro benzene ring substituents is 1. The number of nitro benzene ring substituents is 1. The third-order valence-electron chi connectivity index (χ3n) is 3.78. The second-order valence-corrected chi connectivity index (χ2v) is 6.93. The monoisotopic (exact) mass is 382 g/mol. The molecule has 2 aromatic carbocycles. The van der Waals surface area contributed by atoms with E-state index in [0.29, 0.717) is 12.2 Å². The molecular formula is C19H18N4O3S. The number of carbonyl (C=O) groups excluding carboxylic acids is 1. The molecule has 0 aliphatic heterocycles. The SMILES string of the molecule is Cc1ccc(NC(=O)Cc2nc(CNc3cccc([N+](=O)[O-])c3)cs2)cc1. The average molecular weight is 382 g/mol. The van der Waals surface area contributed by atoms with E-state index in [1.807, 2.05) is 36.6 Å². The molecule has 3 aromatic rings. The highest BCUT2D eigenvalue weighted by atomic mass is 32.1. The fraction of sp³-hybridized carbons (Fsp3) is 0.158. The van der Waals surface area contributed by atoms with Gasteiger partial charge in [-0.15, -0.1) is 11.3 Å². The molecule has 0 atom stereocenters. The minimum absolute atomic E-state index is 0.0340. The summed E-state index contributed by atoms with van der Waals surface area (Å²) in [5.74, 6) is -0.119.